The summed E-state index contributed by atoms with van der Waals surface area (Å²) in [4.78, 5) is 7.65. The van der Waals surface area contributed by atoms with Gasteiger partial charge in [-0.05, 0) is 118 Å². The van der Waals surface area contributed by atoms with E-state index in [1.807, 2.05) is 0 Å². The van der Waals surface area contributed by atoms with E-state index in [-0.39, 0.29) is 0 Å². The Hall–Kier alpha value is 0.0569. The SMILES string of the molecule is CCCN(C)CCCN(CCCN(C)CCC)CCC[Si](C)(C)OCC. The van der Waals surface area contributed by atoms with Crippen LogP contribution in [0.3, 0.4) is 0 Å². The molecule has 0 rings (SSSR count). The lowest BCUT2D eigenvalue weighted by Crippen LogP contribution is -2.35. The highest BCUT2D eigenvalue weighted by Gasteiger charge is 2.21. The topological polar surface area (TPSA) is 19.0 Å². The summed E-state index contributed by atoms with van der Waals surface area (Å²) in [6.45, 7) is 20.8. The highest BCUT2D eigenvalue weighted by atomic mass is 28.4. The molecule has 0 bridgehead atoms. The van der Waals surface area contributed by atoms with Crippen LogP contribution in [-0.2, 0) is 4.43 Å². The van der Waals surface area contributed by atoms with Crippen LogP contribution in [0.4, 0.5) is 0 Å². The van der Waals surface area contributed by atoms with Crippen molar-refractivity contribution in [3.8, 4) is 0 Å². The fourth-order valence-electron chi connectivity index (χ4n) is 3.64. The van der Waals surface area contributed by atoms with Crippen LogP contribution in [0.25, 0.3) is 0 Å². The predicted octanol–water partition coefficient (Wildman–Crippen LogP) is 4.38. The van der Waals surface area contributed by atoms with Gasteiger partial charge in [-0.3, -0.25) is 0 Å². The third kappa shape index (κ3) is 15.1. The van der Waals surface area contributed by atoms with E-state index in [9.17, 15) is 0 Å². The van der Waals surface area contributed by atoms with Crippen molar-refractivity contribution in [3.05, 3.63) is 0 Å². The van der Waals surface area contributed by atoms with Crippen molar-refractivity contribution in [1.29, 1.82) is 0 Å². The van der Waals surface area contributed by atoms with Crippen LogP contribution in [-0.4, -0.2) is 89.5 Å². The summed E-state index contributed by atoms with van der Waals surface area (Å²) >= 11 is 0. The van der Waals surface area contributed by atoms with Crippen molar-refractivity contribution in [2.45, 2.75) is 72.0 Å². The number of nitrogens with zero attached hydrogens (tertiary/aromatic N) is 3. The second kappa shape index (κ2) is 16.1. The minimum Gasteiger partial charge on any atom is -0.418 e. The molecular formula is C21H49N3OSi. The normalized spacial score (nSPS) is 12.7. The summed E-state index contributed by atoms with van der Waals surface area (Å²) in [5.74, 6) is 0. The van der Waals surface area contributed by atoms with Crippen LogP contribution in [0, 0.1) is 0 Å². The molecule has 26 heavy (non-hydrogen) atoms. The lowest BCUT2D eigenvalue weighted by Gasteiger charge is -2.27. The Balaban J connectivity index is 4.25. The first-order valence-corrected chi connectivity index (χ1v) is 14.2. The lowest BCUT2D eigenvalue weighted by atomic mass is 10.2. The van der Waals surface area contributed by atoms with Gasteiger partial charge in [0.05, 0.1) is 0 Å². The lowest BCUT2D eigenvalue weighted by molar-refractivity contribution is 0.226. The summed E-state index contributed by atoms with van der Waals surface area (Å²) in [5.41, 5.74) is 0. The molecule has 158 valence electrons. The van der Waals surface area contributed by atoms with Crippen LogP contribution >= 0.6 is 0 Å². The second-order valence-electron chi connectivity index (χ2n) is 8.45. The zero-order valence-electron chi connectivity index (χ0n) is 19.1. The van der Waals surface area contributed by atoms with Crippen LogP contribution in [0.15, 0.2) is 0 Å². The summed E-state index contributed by atoms with van der Waals surface area (Å²) in [6.07, 6.45) is 6.36. The third-order valence-electron chi connectivity index (χ3n) is 5.03. The first kappa shape index (κ1) is 26.1. The number of hydrogen-bond donors (Lipinski definition) is 0. The Morgan fingerprint density at radius 3 is 1.54 bits per heavy atom. The molecule has 0 radical (unpaired) electrons. The van der Waals surface area contributed by atoms with Crippen molar-refractivity contribution in [3.63, 3.8) is 0 Å². The van der Waals surface area contributed by atoms with E-state index in [1.165, 1.54) is 84.0 Å². The van der Waals surface area contributed by atoms with Gasteiger partial charge in [-0.1, -0.05) is 13.8 Å². The van der Waals surface area contributed by atoms with Gasteiger partial charge in [-0.25, -0.2) is 0 Å². The zero-order valence-corrected chi connectivity index (χ0v) is 20.1. The van der Waals surface area contributed by atoms with Gasteiger partial charge in [0.15, 0.2) is 8.32 Å². The molecule has 0 spiro atoms. The van der Waals surface area contributed by atoms with E-state index in [0.717, 1.165) is 6.61 Å². The van der Waals surface area contributed by atoms with E-state index in [2.05, 4.69) is 62.7 Å². The molecule has 5 heteroatoms. The van der Waals surface area contributed by atoms with Crippen LogP contribution in [0.1, 0.15) is 52.9 Å². The maximum absolute atomic E-state index is 6.00. The van der Waals surface area contributed by atoms with Crippen LogP contribution in [0.2, 0.25) is 19.1 Å². The average Bonchev–Trinajstić information content (AvgIpc) is 2.54. The predicted molar refractivity (Wildman–Crippen MR) is 120 cm³/mol. The fourth-order valence-corrected chi connectivity index (χ4v) is 5.58. The molecular weight excluding hydrogens is 338 g/mol. The van der Waals surface area contributed by atoms with E-state index in [0.29, 0.717) is 0 Å². The quantitative estimate of drug-likeness (QED) is 0.325. The molecule has 0 aromatic carbocycles. The fraction of sp³-hybridized carbons (Fsp3) is 1.00. The Bertz CT molecular complexity index is 298. The maximum Gasteiger partial charge on any atom is 0.186 e. The van der Waals surface area contributed by atoms with E-state index < -0.39 is 8.32 Å². The Labute approximate surface area is 166 Å². The zero-order chi connectivity index (χ0) is 19.8. The van der Waals surface area contributed by atoms with E-state index in [1.54, 1.807) is 0 Å². The molecule has 0 N–H and O–H groups in total. The summed E-state index contributed by atoms with van der Waals surface area (Å²) in [6, 6.07) is 1.28. The second-order valence-corrected chi connectivity index (χ2v) is 12.8. The van der Waals surface area contributed by atoms with Crippen molar-refractivity contribution < 1.29 is 4.43 Å². The van der Waals surface area contributed by atoms with E-state index >= 15 is 0 Å². The van der Waals surface area contributed by atoms with Crippen molar-refractivity contribution >= 4 is 8.32 Å². The molecule has 0 unspecified atom stereocenters. The Morgan fingerprint density at radius 1 is 0.654 bits per heavy atom. The standard InChI is InChI=1S/C21H49N3OSi/c1-8-14-22(4)16-11-18-24(19-12-17-23(5)15-9-2)20-13-21-26(6,7)25-10-3/h8-21H2,1-7H3. The van der Waals surface area contributed by atoms with Crippen LogP contribution in [0.5, 0.6) is 0 Å². The molecule has 0 amide bonds. The molecule has 0 saturated heterocycles. The van der Waals surface area contributed by atoms with Crippen LogP contribution < -0.4 is 0 Å². The molecule has 4 nitrogen and oxygen atoms in total. The highest BCUT2D eigenvalue weighted by molar-refractivity contribution is 6.71. The highest BCUT2D eigenvalue weighted by Crippen LogP contribution is 2.14. The average molecular weight is 388 g/mol. The van der Waals surface area contributed by atoms with Gasteiger partial charge < -0.3 is 19.1 Å². The number of rotatable bonds is 18. The molecule has 0 aliphatic carbocycles. The molecule has 0 aliphatic rings. The van der Waals surface area contributed by atoms with Gasteiger partial charge in [-0.2, -0.15) is 0 Å². The van der Waals surface area contributed by atoms with Gasteiger partial charge in [0.25, 0.3) is 0 Å². The monoisotopic (exact) mass is 387 g/mol. The molecule has 0 aromatic rings. The molecule has 0 saturated carbocycles. The van der Waals surface area contributed by atoms with E-state index in [4.69, 9.17) is 4.43 Å². The molecule has 0 fully saturated rings. The first-order valence-electron chi connectivity index (χ1n) is 11.1. The van der Waals surface area contributed by atoms with Crippen molar-refractivity contribution in [1.82, 2.24) is 14.7 Å². The van der Waals surface area contributed by atoms with Gasteiger partial charge in [0, 0.05) is 6.61 Å². The summed E-state index contributed by atoms with van der Waals surface area (Å²) in [5, 5.41) is 0. The summed E-state index contributed by atoms with van der Waals surface area (Å²) in [7, 11) is 3.07. The molecule has 0 heterocycles. The Morgan fingerprint density at radius 2 is 1.12 bits per heavy atom. The smallest absolute Gasteiger partial charge is 0.186 e. The molecule has 0 aromatic heterocycles. The third-order valence-corrected chi connectivity index (χ3v) is 7.66. The minimum absolute atomic E-state index is 0.871. The van der Waals surface area contributed by atoms with Gasteiger partial charge in [-0.15, -0.1) is 0 Å². The Kier molecular flexibility index (Phi) is 16.1. The first-order chi connectivity index (χ1) is 12.3. The molecule has 0 atom stereocenters. The molecule has 0 aliphatic heterocycles. The van der Waals surface area contributed by atoms with Gasteiger partial charge in [0.1, 0.15) is 0 Å². The van der Waals surface area contributed by atoms with Gasteiger partial charge in [0.2, 0.25) is 0 Å². The van der Waals surface area contributed by atoms with Crippen molar-refractivity contribution in [2.75, 3.05) is 66.5 Å². The summed E-state index contributed by atoms with van der Waals surface area (Å²) < 4.78 is 6.00. The van der Waals surface area contributed by atoms with Gasteiger partial charge >= 0.3 is 0 Å². The largest absolute Gasteiger partial charge is 0.418 e. The minimum atomic E-state index is -1.43. The maximum atomic E-state index is 6.00. The van der Waals surface area contributed by atoms with Crippen molar-refractivity contribution in [2.24, 2.45) is 0 Å². The number of hydrogen-bond acceptors (Lipinski definition) is 4.